The van der Waals surface area contributed by atoms with Gasteiger partial charge in [-0.1, -0.05) is 218 Å². The molecule has 0 atom stereocenters. The van der Waals surface area contributed by atoms with Gasteiger partial charge >= 0.3 is 0 Å². The summed E-state index contributed by atoms with van der Waals surface area (Å²) in [5.74, 6) is 0. The molecule has 0 N–H and O–H groups in total. The van der Waals surface area contributed by atoms with Gasteiger partial charge in [-0.3, -0.25) is 0 Å². The van der Waals surface area contributed by atoms with Crippen LogP contribution in [0.4, 0.5) is 45.5 Å². The molecule has 0 radical (unpaired) electrons. The topological polar surface area (TPSA) is 19.1 Å². The third-order valence-corrected chi connectivity index (χ3v) is 19.3. The van der Waals surface area contributed by atoms with Crippen molar-refractivity contribution in [3.8, 4) is 27.9 Å². The molecule has 3 aromatic heterocycles. The molecular weight excluding hydrogens is 1080 g/mol. The summed E-state index contributed by atoms with van der Waals surface area (Å²) in [6.45, 7) is 2.16. The standard InChI is InChI=1S/C83H54BN5/c1-53-71-50-67(55-27-8-3-9-28-55)57-30-24-29-56(45-57)63-36-15-19-40-73(63)85(53)80-48-61(87-75-42-21-16-37-64(75)65-38-17-22-43-76(65)87)49-81-82(80)84(71)72-51-68-70-47-60(86(58-31-10-4-11-32-58)59-33-12-5-13-34-59)46-69-66-39-18-23-44-77(66)89(83(69)70)78(68)52-79(72)88(81)74-41-20-14-35-62(74)54-25-6-2-7-26-54/h2-52H,1H3/b67-50-. The minimum absolute atomic E-state index is 0.224. The van der Waals surface area contributed by atoms with Gasteiger partial charge in [0, 0.05) is 83.3 Å². The first-order chi connectivity index (χ1) is 44.1. The summed E-state index contributed by atoms with van der Waals surface area (Å²) in [5, 5.41) is 7.33. The lowest BCUT2D eigenvalue weighted by Crippen LogP contribution is -2.55. The number of para-hydroxylation sites is 7. The molecular formula is C83H54BN5. The Morgan fingerprint density at radius 2 is 0.820 bits per heavy atom. The van der Waals surface area contributed by atoms with Gasteiger partial charge in [0.05, 0.1) is 44.6 Å². The van der Waals surface area contributed by atoms with Crippen molar-refractivity contribution in [2.24, 2.45) is 0 Å². The smallest absolute Gasteiger partial charge is 0.251 e. The van der Waals surface area contributed by atoms with E-state index in [9.17, 15) is 0 Å². The second kappa shape index (κ2) is 19.2. The highest BCUT2D eigenvalue weighted by Gasteiger charge is 2.45. The summed E-state index contributed by atoms with van der Waals surface area (Å²) in [5.41, 5.74) is 29.2. The average molecular weight is 1130 g/mol. The van der Waals surface area contributed by atoms with Crippen LogP contribution < -0.4 is 25.6 Å². The average Bonchev–Trinajstić information content (AvgIpc) is 1.71. The van der Waals surface area contributed by atoms with Crippen molar-refractivity contribution in [2.75, 3.05) is 14.7 Å². The Balaban J connectivity index is 0.998. The molecule has 3 aliphatic heterocycles. The van der Waals surface area contributed by atoms with Crippen molar-refractivity contribution in [1.29, 1.82) is 0 Å². The molecule has 89 heavy (non-hydrogen) atoms. The van der Waals surface area contributed by atoms with E-state index >= 15 is 0 Å². The Morgan fingerprint density at radius 1 is 0.326 bits per heavy atom. The molecule has 0 fully saturated rings. The zero-order chi connectivity index (χ0) is 58.4. The van der Waals surface area contributed by atoms with E-state index < -0.39 is 0 Å². The molecule has 5 nitrogen and oxygen atoms in total. The van der Waals surface area contributed by atoms with Crippen LogP contribution in [0.2, 0.25) is 0 Å². The fraction of sp³-hybridized carbons (Fsp3) is 0.0120. The van der Waals surface area contributed by atoms with Gasteiger partial charge in [0.2, 0.25) is 0 Å². The van der Waals surface area contributed by atoms with Gasteiger partial charge in [-0.05, 0) is 142 Å². The molecule has 4 bridgehead atoms. The molecule has 0 saturated carbocycles. The van der Waals surface area contributed by atoms with Crippen molar-refractivity contribution in [1.82, 2.24) is 8.97 Å². The van der Waals surface area contributed by atoms with E-state index in [2.05, 4.69) is 340 Å². The Morgan fingerprint density at radius 3 is 1.47 bits per heavy atom. The van der Waals surface area contributed by atoms with Gasteiger partial charge in [0.25, 0.3) is 6.71 Å². The first kappa shape index (κ1) is 49.6. The van der Waals surface area contributed by atoms with Crippen LogP contribution in [0.25, 0.3) is 93.4 Å². The van der Waals surface area contributed by atoms with Crippen molar-refractivity contribution in [3.05, 3.63) is 332 Å². The highest BCUT2D eigenvalue weighted by Crippen LogP contribution is 2.53. The number of aromatic nitrogens is 2. The van der Waals surface area contributed by atoms with Crippen LogP contribution >= 0.6 is 0 Å². The second-order valence-electron chi connectivity index (χ2n) is 24.0. The summed E-state index contributed by atoms with van der Waals surface area (Å²) in [6.07, 6.45) is 2.56. The number of anilines is 8. The molecule has 0 amide bonds. The maximum absolute atomic E-state index is 2.65. The number of fused-ring (bicyclic) bond motifs is 19. The number of hydrogen-bond acceptors (Lipinski definition) is 3. The molecule has 414 valence electrons. The molecule has 6 heterocycles. The third kappa shape index (κ3) is 7.26. The number of rotatable bonds is 7. The van der Waals surface area contributed by atoms with Gasteiger partial charge in [0.15, 0.2) is 0 Å². The van der Waals surface area contributed by atoms with E-state index in [1.165, 1.54) is 104 Å². The fourth-order valence-electron chi connectivity index (χ4n) is 15.6. The minimum atomic E-state index is -0.224. The fourth-order valence-corrected chi connectivity index (χ4v) is 15.6. The lowest BCUT2D eigenvalue weighted by atomic mass is 9.32. The number of nitrogens with zero attached hydrogens (tertiary/aromatic N) is 5. The van der Waals surface area contributed by atoms with Crippen molar-refractivity contribution in [3.63, 3.8) is 0 Å². The van der Waals surface area contributed by atoms with Crippen molar-refractivity contribution < 1.29 is 0 Å². The Hall–Kier alpha value is -11.6. The molecule has 0 saturated heterocycles. The Labute approximate surface area is 515 Å². The van der Waals surface area contributed by atoms with Crippen LogP contribution in [0.1, 0.15) is 18.1 Å². The number of hydrogen-bond donors (Lipinski definition) is 0. The zero-order valence-electron chi connectivity index (χ0n) is 48.8. The summed E-state index contributed by atoms with van der Waals surface area (Å²) >= 11 is 0. The molecule has 0 spiro atoms. The zero-order valence-corrected chi connectivity index (χ0v) is 48.8. The van der Waals surface area contributed by atoms with E-state index in [4.69, 9.17) is 0 Å². The van der Waals surface area contributed by atoms with Crippen LogP contribution in [0.5, 0.6) is 0 Å². The monoisotopic (exact) mass is 1130 g/mol. The van der Waals surface area contributed by atoms with Gasteiger partial charge in [-0.2, -0.15) is 0 Å². The normalized spacial score (nSPS) is 14.0. The predicted molar refractivity (Wildman–Crippen MR) is 376 cm³/mol. The molecule has 13 aromatic carbocycles. The SMILES string of the molecule is CC1=C2/C=C(/c3ccccc3)c3cccc(c3)-c3ccccc3N1c1cc(-n3c4ccccc4c4ccccc43)cc3c1B2c1cc2c4cc(N(c5ccccc5)c5ccccc5)cc5c6ccccc6n(c2cc1N3c1ccccc1-c1ccccc1)c54. The van der Waals surface area contributed by atoms with Crippen LogP contribution in [0.15, 0.2) is 321 Å². The Kier molecular flexibility index (Phi) is 10.7. The summed E-state index contributed by atoms with van der Waals surface area (Å²) < 4.78 is 5.08. The molecule has 0 aliphatic carbocycles. The van der Waals surface area contributed by atoms with Crippen LogP contribution in [0.3, 0.4) is 0 Å². The number of allylic oxidation sites excluding steroid dienone is 3. The second-order valence-corrected chi connectivity index (χ2v) is 24.0. The lowest BCUT2D eigenvalue weighted by Gasteiger charge is -2.45. The quantitative estimate of drug-likeness (QED) is 0.148. The highest BCUT2D eigenvalue weighted by atomic mass is 15.2. The molecule has 3 aliphatic rings. The minimum Gasteiger partial charge on any atom is -0.315 e. The number of benzene rings is 13. The molecule has 6 heteroatoms. The first-order valence-electron chi connectivity index (χ1n) is 30.9. The summed E-state index contributed by atoms with van der Waals surface area (Å²) in [4.78, 5) is 7.68. The molecule has 19 rings (SSSR count). The van der Waals surface area contributed by atoms with E-state index in [1.807, 2.05) is 0 Å². The lowest BCUT2D eigenvalue weighted by molar-refractivity contribution is 1.12. The Bertz CT molecular complexity index is 5550. The van der Waals surface area contributed by atoms with Gasteiger partial charge in [-0.15, -0.1) is 0 Å². The highest BCUT2D eigenvalue weighted by molar-refractivity contribution is 6.96. The molecule has 0 unspecified atom stereocenters. The largest absolute Gasteiger partial charge is 0.315 e. The van der Waals surface area contributed by atoms with Crippen LogP contribution in [-0.2, 0) is 0 Å². The summed E-state index contributed by atoms with van der Waals surface area (Å²) in [6, 6.07) is 113. The third-order valence-electron chi connectivity index (χ3n) is 19.3. The molecule has 16 aromatic rings. The summed E-state index contributed by atoms with van der Waals surface area (Å²) in [7, 11) is 0. The van der Waals surface area contributed by atoms with E-state index in [-0.39, 0.29) is 6.71 Å². The van der Waals surface area contributed by atoms with Gasteiger partial charge < -0.3 is 23.7 Å². The van der Waals surface area contributed by atoms with Crippen molar-refractivity contribution in [2.45, 2.75) is 6.92 Å². The first-order valence-corrected chi connectivity index (χ1v) is 30.9. The van der Waals surface area contributed by atoms with Gasteiger partial charge in [-0.25, -0.2) is 0 Å². The van der Waals surface area contributed by atoms with E-state index in [1.54, 1.807) is 0 Å². The van der Waals surface area contributed by atoms with Gasteiger partial charge in [0.1, 0.15) is 0 Å². The maximum Gasteiger partial charge on any atom is 0.251 e. The van der Waals surface area contributed by atoms with Crippen molar-refractivity contribution >= 4 is 129 Å². The van der Waals surface area contributed by atoms with E-state index in [0.29, 0.717) is 0 Å². The van der Waals surface area contributed by atoms with Crippen LogP contribution in [0, 0.1) is 0 Å². The predicted octanol–water partition coefficient (Wildman–Crippen LogP) is 20.5. The van der Waals surface area contributed by atoms with Crippen LogP contribution in [-0.4, -0.2) is 15.7 Å². The van der Waals surface area contributed by atoms with E-state index in [0.717, 1.165) is 67.8 Å². The maximum atomic E-state index is 2.65.